The lowest BCUT2D eigenvalue weighted by Crippen LogP contribution is -2.03. The van der Waals surface area contributed by atoms with Crippen molar-refractivity contribution in [3.05, 3.63) is 35.5 Å². The Morgan fingerprint density at radius 3 is 3.18 bits per heavy atom. The largest absolute Gasteiger partial charge is 0.465 e. The fourth-order valence-corrected chi connectivity index (χ4v) is 3.31. The molecule has 2 heterocycles. The molecule has 86 valence electrons. The summed E-state index contributed by atoms with van der Waals surface area (Å²) >= 11 is 1.83. The van der Waals surface area contributed by atoms with Crippen molar-refractivity contribution in [2.45, 2.75) is 11.3 Å². The number of pyridine rings is 1. The van der Waals surface area contributed by atoms with Gasteiger partial charge in [-0.2, -0.15) is 0 Å². The number of rotatable bonds is 1. The molecule has 0 fully saturated rings. The third kappa shape index (κ3) is 1.60. The number of nitrogens with zero attached hydrogens (tertiary/aromatic N) is 1. The average molecular weight is 245 g/mol. The Kier molecular flexibility index (Phi) is 2.52. The van der Waals surface area contributed by atoms with E-state index in [-0.39, 0.29) is 5.97 Å². The molecule has 0 radical (unpaired) electrons. The summed E-state index contributed by atoms with van der Waals surface area (Å²) in [5.74, 6) is 0.768. The third-order valence-electron chi connectivity index (χ3n) is 2.94. The Labute approximate surface area is 103 Å². The molecule has 0 amide bonds. The Balaban J connectivity index is 2.31. The zero-order valence-electron chi connectivity index (χ0n) is 9.40. The summed E-state index contributed by atoms with van der Waals surface area (Å²) in [6.45, 7) is 0. The first-order valence-electron chi connectivity index (χ1n) is 5.43. The maximum atomic E-state index is 11.7. The van der Waals surface area contributed by atoms with Gasteiger partial charge in [-0.05, 0) is 18.1 Å². The van der Waals surface area contributed by atoms with Gasteiger partial charge in [-0.25, -0.2) is 4.79 Å². The van der Waals surface area contributed by atoms with Crippen LogP contribution in [-0.2, 0) is 11.2 Å². The van der Waals surface area contributed by atoms with Gasteiger partial charge in [0.1, 0.15) is 0 Å². The molecule has 1 aliphatic rings. The number of esters is 1. The molecule has 3 nitrogen and oxygen atoms in total. The second-order valence-corrected chi connectivity index (χ2v) is 5.01. The second kappa shape index (κ2) is 4.04. The Morgan fingerprint density at radius 2 is 2.35 bits per heavy atom. The predicted molar refractivity (Wildman–Crippen MR) is 67.5 cm³/mol. The molecule has 1 aliphatic heterocycles. The molecule has 4 heteroatoms. The predicted octanol–water partition coefficient (Wildman–Crippen LogP) is 2.67. The van der Waals surface area contributed by atoms with Gasteiger partial charge in [0.15, 0.2) is 0 Å². The van der Waals surface area contributed by atoms with Gasteiger partial charge in [-0.3, -0.25) is 4.98 Å². The van der Waals surface area contributed by atoms with Crippen LogP contribution < -0.4 is 0 Å². The molecular weight excluding hydrogens is 234 g/mol. The number of benzene rings is 1. The summed E-state index contributed by atoms with van der Waals surface area (Å²) < 4.78 is 4.78. The van der Waals surface area contributed by atoms with Crippen molar-refractivity contribution in [2.75, 3.05) is 12.9 Å². The summed E-state index contributed by atoms with van der Waals surface area (Å²) in [4.78, 5) is 17.3. The zero-order chi connectivity index (χ0) is 11.8. The van der Waals surface area contributed by atoms with Gasteiger partial charge in [0.05, 0.1) is 18.2 Å². The fourth-order valence-electron chi connectivity index (χ4n) is 2.13. The lowest BCUT2D eigenvalue weighted by Gasteiger charge is -2.07. The number of thioether (sulfide) groups is 1. The number of aryl methyl sites for hydroxylation is 1. The molecule has 0 N–H and O–H groups in total. The third-order valence-corrected chi connectivity index (χ3v) is 4.12. The number of ether oxygens (including phenoxy) is 1. The molecule has 0 spiro atoms. The van der Waals surface area contributed by atoms with Gasteiger partial charge in [0, 0.05) is 22.2 Å². The highest BCUT2D eigenvalue weighted by molar-refractivity contribution is 7.99. The van der Waals surface area contributed by atoms with Crippen LogP contribution in [0.1, 0.15) is 15.9 Å². The normalized spacial score (nSPS) is 13.7. The van der Waals surface area contributed by atoms with E-state index in [2.05, 4.69) is 4.98 Å². The quantitative estimate of drug-likeness (QED) is 0.724. The minimum absolute atomic E-state index is 0.328. The molecule has 1 aromatic heterocycles. The van der Waals surface area contributed by atoms with E-state index in [4.69, 9.17) is 4.74 Å². The van der Waals surface area contributed by atoms with E-state index in [9.17, 15) is 4.79 Å². The van der Waals surface area contributed by atoms with Gasteiger partial charge in [-0.1, -0.05) is 12.1 Å². The first-order chi connectivity index (χ1) is 8.31. The fraction of sp³-hybridized carbons (Fsp3) is 0.231. The number of carbonyl (C=O) groups is 1. The van der Waals surface area contributed by atoms with Crippen LogP contribution in [0.15, 0.2) is 29.3 Å². The van der Waals surface area contributed by atoms with E-state index in [1.807, 2.05) is 30.1 Å². The van der Waals surface area contributed by atoms with E-state index in [0.29, 0.717) is 5.56 Å². The van der Waals surface area contributed by atoms with Crippen molar-refractivity contribution in [1.82, 2.24) is 4.98 Å². The van der Waals surface area contributed by atoms with Crippen LogP contribution in [-0.4, -0.2) is 23.8 Å². The smallest absolute Gasteiger partial charge is 0.340 e. The van der Waals surface area contributed by atoms with E-state index in [0.717, 1.165) is 23.1 Å². The van der Waals surface area contributed by atoms with Crippen molar-refractivity contribution in [1.29, 1.82) is 0 Å². The molecule has 0 atom stereocenters. The standard InChI is InChI=1S/C13H11NO2S/c1-16-13(15)10-4-2-3-9-11(10)14-7-8-5-6-17-12(8)9/h2-4,7H,5-6H2,1H3. The number of para-hydroxylation sites is 1. The molecule has 0 bridgehead atoms. The molecule has 3 rings (SSSR count). The van der Waals surface area contributed by atoms with E-state index in [1.165, 1.54) is 17.6 Å². The maximum Gasteiger partial charge on any atom is 0.340 e. The molecule has 1 aromatic carbocycles. The number of hydrogen-bond donors (Lipinski definition) is 0. The van der Waals surface area contributed by atoms with Crippen LogP contribution in [0, 0.1) is 0 Å². The van der Waals surface area contributed by atoms with E-state index < -0.39 is 0 Å². The SMILES string of the molecule is COC(=O)c1cccc2c3c(cnc12)CCS3. The highest BCUT2D eigenvalue weighted by Crippen LogP contribution is 2.37. The number of fused-ring (bicyclic) bond motifs is 3. The molecule has 0 unspecified atom stereocenters. The molecule has 2 aromatic rings. The topological polar surface area (TPSA) is 39.2 Å². The van der Waals surface area contributed by atoms with Crippen LogP contribution in [0.3, 0.4) is 0 Å². The minimum Gasteiger partial charge on any atom is -0.465 e. The van der Waals surface area contributed by atoms with Crippen LogP contribution in [0.4, 0.5) is 0 Å². The van der Waals surface area contributed by atoms with Crippen molar-refractivity contribution in [3.8, 4) is 0 Å². The van der Waals surface area contributed by atoms with Crippen LogP contribution in [0.25, 0.3) is 10.9 Å². The van der Waals surface area contributed by atoms with Crippen LogP contribution in [0.2, 0.25) is 0 Å². The van der Waals surface area contributed by atoms with Crippen molar-refractivity contribution in [3.63, 3.8) is 0 Å². The number of hydrogen-bond acceptors (Lipinski definition) is 4. The van der Waals surface area contributed by atoms with Crippen LogP contribution in [0.5, 0.6) is 0 Å². The maximum absolute atomic E-state index is 11.7. The monoisotopic (exact) mass is 245 g/mol. The van der Waals surface area contributed by atoms with Crippen molar-refractivity contribution >= 4 is 28.6 Å². The highest BCUT2D eigenvalue weighted by atomic mass is 32.2. The minimum atomic E-state index is -0.328. The average Bonchev–Trinajstić information content (AvgIpc) is 2.85. The van der Waals surface area contributed by atoms with Crippen LogP contribution >= 0.6 is 11.8 Å². The molecule has 17 heavy (non-hydrogen) atoms. The summed E-state index contributed by atoms with van der Waals surface area (Å²) in [5.41, 5.74) is 2.57. The summed E-state index contributed by atoms with van der Waals surface area (Å²) in [5, 5.41) is 1.06. The van der Waals surface area contributed by atoms with Gasteiger partial charge in [0.2, 0.25) is 0 Å². The molecule has 0 saturated heterocycles. The number of aromatic nitrogens is 1. The number of carbonyl (C=O) groups excluding carboxylic acids is 1. The number of methoxy groups -OCH3 is 1. The Bertz CT molecular complexity index is 610. The Hall–Kier alpha value is -1.55. The summed E-state index contributed by atoms with van der Waals surface area (Å²) in [6.07, 6.45) is 2.94. The first kappa shape index (κ1) is 10.6. The molecule has 0 aliphatic carbocycles. The first-order valence-corrected chi connectivity index (χ1v) is 6.41. The zero-order valence-corrected chi connectivity index (χ0v) is 10.2. The molecule has 0 saturated carbocycles. The molecular formula is C13H11NO2S. The van der Waals surface area contributed by atoms with Gasteiger partial charge < -0.3 is 4.74 Å². The van der Waals surface area contributed by atoms with Gasteiger partial charge in [0.25, 0.3) is 0 Å². The van der Waals surface area contributed by atoms with Crippen molar-refractivity contribution in [2.24, 2.45) is 0 Å². The highest BCUT2D eigenvalue weighted by Gasteiger charge is 2.18. The Morgan fingerprint density at radius 1 is 1.47 bits per heavy atom. The van der Waals surface area contributed by atoms with Gasteiger partial charge >= 0.3 is 5.97 Å². The van der Waals surface area contributed by atoms with E-state index in [1.54, 1.807) is 6.07 Å². The van der Waals surface area contributed by atoms with Gasteiger partial charge in [-0.15, -0.1) is 11.8 Å². The van der Waals surface area contributed by atoms with Crippen molar-refractivity contribution < 1.29 is 9.53 Å². The lowest BCUT2D eigenvalue weighted by molar-refractivity contribution is 0.0603. The summed E-state index contributed by atoms with van der Waals surface area (Å²) in [6, 6.07) is 5.66. The lowest BCUT2D eigenvalue weighted by atomic mass is 10.1. The second-order valence-electron chi connectivity index (χ2n) is 3.90. The van der Waals surface area contributed by atoms with E-state index >= 15 is 0 Å². The summed E-state index contributed by atoms with van der Waals surface area (Å²) in [7, 11) is 1.39.